The number of rotatable bonds is 4. The lowest BCUT2D eigenvalue weighted by molar-refractivity contribution is -0.137. The molecule has 0 spiro atoms. The van der Waals surface area contributed by atoms with E-state index in [2.05, 4.69) is 0 Å². The highest BCUT2D eigenvalue weighted by atomic mass is 32.2. The molecule has 0 saturated carbocycles. The second-order valence-corrected chi connectivity index (χ2v) is 9.07. The average molecular weight is 339 g/mol. The van der Waals surface area contributed by atoms with Crippen molar-refractivity contribution in [2.45, 2.75) is 63.4 Å². The van der Waals surface area contributed by atoms with Crippen LogP contribution in [0, 0.1) is 6.92 Å². The number of Topliss-reactive ketones (excluding diaryl/α,β-unsaturated/α-hetero) is 1. The van der Waals surface area contributed by atoms with Gasteiger partial charge < -0.3 is 0 Å². The number of nitrogens with zero attached hydrogens (tertiary/aromatic N) is 1. The van der Waals surface area contributed by atoms with Crippen LogP contribution < -0.4 is 0 Å². The van der Waals surface area contributed by atoms with E-state index in [1.807, 2.05) is 39.5 Å². The second-order valence-electron chi connectivity index (χ2n) is 7.46. The van der Waals surface area contributed by atoms with E-state index in [4.69, 9.17) is 4.18 Å². The summed E-state index contributed by atoms with van der Waals surface area (Å²) in [6, 6.07) is 6.56. The summed E-state index contributed by atoms with van der Waals surface area (Å²) < 4.78 is 30.0. The summed E-state index contributed by atoms with van der Waals surface area (Å²) >= 11 is 0. The van der Waals surface area contributed by atoms with Crippen LogP contribution in [0.5, 0.6) is 0 Å². The zero-order chi connectivity index (χ0) is 17.5. The molecule has 0 amide bonds. The largest absolute Gasteiger partial charge is 0.300 e. The molecule has 0 atom stereocenters. The van der Waals surface area contributed by atoms with Crippen LogP contribution in [0.1, 0.15) is 46.1 Å². The molecule has 0 unspecified atom stereocenters. The first kappa shape index (κ1) is 18.1. The third kappa shape index (κ3) is 4.00. The molecule has 2 rings (SSSR count). The highest BCUT2D eigenvalue weighted by Crippen LogP contribution is 2.36. The van der Waals surface area contributed by atoms with E-state index in [0.717, 1.165) is 5.56 Å². The van der Waals surface area contributed by atoms with Gasteiger partial charge >= 0.3 is 0 Å². The van der Waals surface area contributed by atoms with Gasteiger partial charge in [0.25, 0.3) is 10.1 Å². The van der Waals surface area contributed by atoms with Crippen molar-refractivity contribution >= 4 is 15.9 Å². The monoisotopic (exact) mass is 339 g/mol. The van der Waals surface area contributed by atoms with Crippen LogP contribution in [0.25, 0.3) is 0 Å². The molecule has 128 valence electrons. The number of piperidine rings is 1. The average Bonchev–Trinajstić information content (AvgIpc) is 2.35. The van der Waals surface area contributed by atoms with Gasteiger partial charge in [0.05, 0.1) is 4.90 Å². The van der Waals surface area contributed by atoms with Crippen molar-refractivity contribution < 1.29 is 17.4 Å². The zero-order valence-corrected chi connectivity index (χ0v) is 15.2. The van der Waals surface area contributed by atoms with Gasteiger partial charge in [-0.05, 0) is 46.8 Å². The van der Waals surface area contributed by atoms with Gasteiger partial charge in [-0.2, -0.15) is 8.42 Å². The van der Waals surface area contributed by atoms with Crippen LogP contribution in [0.2, 0.25) is 0 Å². The van der Waals surface area contributed by atoms with Gasteiger partial charge in [0.15, 0.2) is 0 Å². The minimum absolute atomic E-state index is 0.0660. The van der Waals surface area contributed by atoms with E-state index in [-0.39, 0.29) is 17.4 Å². The standard InChI is InChI=1S/C17H25NO4S/c1-13-6-8-15(9-7-13)23(20,21)22-12-18-16(2,3)10-14(19)11-17(18,4)5/h6-9H,10-12H2,1-5H3. The van der Waals surface area contributed by atoms with Gasteiger partial charge in [0.1, 0.15) is 12.5 Å². The first-order valence-corrected chi connectivity index (χ1v) is 9.10. The Balaban J connectivity index is 2.18. The van der Waals surface area contributed by atoms with E-state index in [0.29, 0.717) is 12.8 Å². The maximum Gasteiger partial charge on any atom is 0.298 e. The summed E-state index contributed by atoms with van der Waals surface area (Å²) in [5.41, 5.74) is 0.101. The van der Waals surface area contributed by atoms with Gasteiger partial charge in [-0.1, -0.05) is 17.7 Å². The van der Waals surface area contributed by atoms with Gasteiger partial charge in [0.2, 0.25) is 0 Å². The normalized spacial score (nSPS) is 21.3. The van der Waals surface area contributed by atoms with Crippen molar-refractivity contribution in [1.29, 1.82) is 0 Å². The Kier molecular flexibility index (Phi) is 4.72. The lowest BCUT2D eigenvalue weighted by Gasteiger charge is -2.51. The SMILES string of the molecule is Cc1ccc(S(=O)(=O)OCN2C(C)(C)CC(=O)CC2(C)C)cc1. The second kappa shape index (κ2) is 6.00. The lowest BCUT2D eigenvalue weighted by Crippen LogP contribution is -2.61. The molecule has 1 saturated heterocycles. The van der Waals surface area contributed by atoms with Crippen LogP contribution in [-0.2, 0) is 19.1 Å². The summed E-state index contributed by atoms with van der Waals surface area (Å²) in [6.45, 7) is 9.58. The zero-order valence-electron chi connectivity index (χ0n) is 14.4. The molecule has 1 aliphatic rings. The summed E-state index contributed by atoms with van der Waals surface area (Å²) in [7, 11) is -3.82. The van der Waals surface area contributed by atoms with E-state index >= 15 is 0 Å². The Labute approximate surface area is 138 Å². The van der Waals surface area contributed by atoms with Crippen LogP contribution >= 0.6 is 0 Å². The van der Waals surface area contributed by atoms with E-state index < -0.39 is 21.2 Å². The Morgan fingerprint density at radius 3 is 2.00 bits per heavy atom. The first-order valence-electron chi connectivity index (χ1n) is 7.70. The topological polar surface area (TPSA) is 63.7 Å². The van der Waals surface area contributed by atoms with E-state index in [1.165, 1.54) is 0 Å². The Bertz CT molecular complexity index is 670. The van der Waals surface area contributed by atoms with Crippen molar-refractivity contribution in [3.05, 3.63) is 29.8 Å². The number of benzene rings is 1. The smallest absolute Gasteiger partial charge is 0.298 e. The molecule has 0 aromatic heterocycles. The summed E-state index contributed by atoms with van der Waals surface area (Å²) in [4.78, 5) is 14.0. The van der Waals surface area contributed by atoms with Gasteiger partial charge in [-0.3, -0.25) is 13.9 Å². The number of hydrogen-bond donors (Lipinski definition) is 0. The molecule has 0 bridgehead atoms. The molecule has 0 radical (unpaired) electrons. The fourth-order valence-corrected chi connectivity index (χ4v) is 4.13. The number of hydrogen-bond acceptors (Lipinski definition) is 5. The third-order valence-electron chi connectivity index (χ3n) is 4.37. The van der Waals surface area contributed by atoms with E-state index in [1.54, 1.807) is 24.3 Å². The maximum atomic E-state index is 12.4. The molecular weight excluding hydrogens is 314 g/mol. The van der Waals surface area contributed by atoms with Gasteiger partial charge in [-0.25, -0.2) is 0 Å². The van der Waals surface area contributed by atoms with Gasteiger partial charge in [0, 0.05) is 23.9 Å². The number of likely N-dealkylation sites (tertiary alicyclic amines) is 1. The van der Waals surface area contributed by atoms with Crippen LogP contribution in [0.4, 0.5) is 0 Å². The minimum atomic E-state index is -3.82. The van der Waals surface area contributed by atoms with Crippen LogP contribution in [0.15, 0.2) is 29.2 Å². The summed E-state index contributed by atoms with van der Waals surface area (Å²) in [5.74, 6) is 0.192. The molecular formula is C17H25NO4S. The fraction of sp³-hybridized carbons (Fsp3) is 0.588. The summed E-state index contributed by atoms with van der Waals surface area (Å²) in [5, 5.41) is 0. The van der Waals surface area contributed by atoms with Crippen molar-refractivity contribution in [3.8, 4) is 0 Å². The number of aryl methyl sites for hydroxylation is 1. The van der Waals surface area contributed by atoms with Crippen molar-refractivity contribution in [1.82, 2.24) is 4.90 Å². The molecule has 1 heterocycles. The summed E-state index contributed by atoms with van der Waals surface area (Å²) in [6.07, 6.45) is 0.786. The first-order chi connectivity index (χ1) is 10.4. The molecule has 23 heavy (non-hydrogen) atoms. The van der Waals surface area contributed by atoms with Crippen molar-refractivity contribution in [2.24, 2.45) is 0 Å². The molecule has 1 aliphatic heterocycles. The highest BCUT2D eigenvalue weighted by molar-refractivity contribution is 7.86. The molecule has 1 aromatic rings. The van der Waals surface area contributed by atoms with Crippen molar-refractivity contribution in [2.75, 3.05) is 6.73 Å². The number of carbonyl (C=O) groups is 1. The quantitative estimate of drug-likeness (QED) is 0.789. The Morgan fingerprint density at radius 1 is 1.04 bits per heavy atom. The Morgan fingerprint density at radius 2 is 1.52 bits per heavy atom. The predicted octanol–water partition coefficient (Wildman–Crippen LogP) is 2.88. The molecule has 1 fully saturated rings. The number of ketones is 1. The van der Waals surface area contributed by atoms with Crippen molar-refractivity contribution in [3.63, 3.8) is 0 Å². The molecule has 0 N–H and O–H groups in total. The van der Waals surface area contributed by atoms with Crippen LogP contribution in [-0.4, -0.2) is 36.9 Å². The predicted molar refractivity (Wildman–Crippen MR) is 88.6 cm³/mol. The number of carbonyl (C=O) groups excluding carboxylic acids is 1. The minimum Gasteiger partial charge on any atom is -0.300 e. The third-order valence-corrected chi connectivity index (χ3v) is 5.63. The van der Waals surface area contributed by atoms with E-state index in [9.17, 15) is 13.2 Å². The van der Waals surface area contributed by atoms with Crippen LogP contribution in [0.3, 0.4) is 0 Å². The maximum absolute atomic E-state index is 12.4. The fourth-order valence-electron chi connectivity index (χ4n) is 3.28. The highest BCUT2D eigenvalue weighted by Gasteiger charge is 2.45. The molecule has 5 nitrogen and oxygen atoms in total. The molecule has 0 aliphatic carbocycles. The molecule has 6 heteroatoms. The Hall–Kier alpha value is -1.24. The van der Waals surface area contributed by atoms with Gasteiger partial charge in [-0.15, -0.1) is 0 Å². The molecule has 1 aromatic carbocycles. The lowest BCUT2D eigenvalue weighted by atomic mass is 9.79.